The van der Waals surface area contributed by atoms with Crippen molar-refractivity contribution in [3.8, 4) is 6.07 Å². The van der Waals surface area contributed by atoms with Crippen molar-refractivity contribution in [1.82, 2.24) is 9.61 Å². The van der Waals surface area contributed by atoms with Gasteiger partial charge in [-0.05, 0) is 24.5 Å². The van der Waals surface area contributed by atoms with Gasteiger partial charge >= 0.3 is 0 Å². The Balaban J connectivity index is 2.23. The van der Waals surface area contributed by atoms with Crippen LogP contribution in [0.5, 0.6) is 0 Å². The van der Waals surface area contributed by atoms with Crippen molar-refractivity contribution < 1.29 is 8.42 Å². The van der Waals surface area contributed by atoms with E-state index in [4.69, 9.17) is 5.73 Å². The van der Waals surface area contributed by atoms with Crippen LogP contribution in [0.25, 0.3) is 5.52 Å². The fraction of sp³-hybridized carbons (Fsp3) is 0.385. The van der Waals surface area contributed by atoms with Gasteiger partial charge in [-0.25, -0.2) is 12.9 Å². The van der Waals surface area contributed by atoms with E-state index in [0.29, 0.717) is 5.52 Å². The fourth-order valence-electron chi connectivity index (χ4n) is 2.38. The summed E-state index contributed by atoms with van der Waals surface area (Å²) in [6.07, 6.45) is 3.36. The molecule has 0 radical (unpaired) electrons. The number of rotatable bonds is 3. The summed E-state index contributed by atoms with van der Waals surface area (Å²) in [5.41, 5.74) is 6.63. The van der Waals surface area contributed by atoms with E-state index in [1.807, 2.05) is 0 Å². The average molecular weight is 290 g/mol. The molecule has 0 unspecified atom stereocenters. The third-order valence-corrected chi connectivity index (χ3v) is 5.62. The minimum absolute atomic E-state index is 0.00537. The summed E-state index contributed by atoms with van der Waals surface area (Å²) in [5, 5.41) is 13.3. The molecule has 104 valence electrons. The molecule has 1 aliphatic carbocycles. The minimum Gasteiger partial charge on any atom is -0.381 e. The second-order valence-corrected chi connectivity index (χ2v) is 7.27. The Bertz CT molecular complexity index is 841. The van der Waals surface area contributed by atoms with E-state index in [2.05, 4.69) is 11.2 Å². The standard InChI is InChI=1S/C13H14N4O2S/c1-2-20(18,19)11-10-4-3-9(13(8-14)5-6-13)7-17(10)16-12(11)15/h3-4,7H,2,5-6H2,1H3,(H2,15,16). The first-order valence-corrected chi connectivity index (χ1v) is 8.01. The molecule has 3 rings (SSSR count). The van der Waals surface area contributed by atoms with Gasteiger partial charge in [-0.3, -0.25) is 0 Å². The fourth-order valence-corrected chi connectivity index (χ4v) is 3.51. The SMILES string of the molecule is CCS(=O)(=O)c1c(N)nn2cc(C3(C#N)CC3)ccc12. The predicted octanol–water partition coefficient (Wildman–Crippen LogP) is 1.27. The smallest absolute Gasteiger partial charge is 0.183 e. The molecule has 0 amide bonds. The lowest BCUT2D eigenvalue weighted by atomic mass is 10.00. The van der Waals surface area contributed by atoms with Gasteiger partial charge in [0, 0.05) is 6.20 Å². The maximum absolute atomic E-state index is 12.1. The van der Waals surface area contributed by atoms with Gasteiger partial charge in [-0.15, -0.1) is 5.10 Å². The third-order valence-electron chi connectivity index (χ3n) is 3.82. The van der Waals surface area contributed by atoms with Crippen molar-refractivity contribution in [2.45, 2.75) is 30.1 Å². The molecule has 0 atom stereocenters. The molecular weight excluding hydrogens is 276 g/mol. The molecule has 2 heterocycles. The molecule has 0 bridgehead atoms. The molecule has 0 aromatic carbocycles. The number of nitrogen functional groups attached to an aromatic ring is 1. The quantitative estimate of drug-likeness (QED) is 0.917. The third kappa shape index (κ3) is 1.68. The number of hydrogen-bond acceptors (Lipinski definition) is 5. The molecule has 0 aliphatic heterocycles. The van der Waals surface area contributed by atoms with Crippen LogP contribution in [-0.2, 0) is 15.3 Å². The van der Waals surface area contributed by atoms with E-state index in [1.54, 1.807) is 25.3 Å². The lowest BCUT2D eigenvalue weighted by Gasteiger charge is -2.06. The summed E-state index contributed by atoms with van der Waals surface area (Å²) >= 11 is 0. The van der Waals surface area contributed by atoms with Crippen molar-refractivity contribution >= 4 is 21.2 Å². The van der Waals surface area contributed by atoms with Crippen LogP contribution in [0.15, 0.2) is 23.2 Å². The van der Waals surface area contributed by atoms with Crippen molar-refractivity contribution in [3.05, 3.63) is 23.9 Å². The first-order valence-electron chi connectivity index (χ1n) is 6.36. The number of nitrogens with zero attached hydrogens (tertiary/aromatic N) is 3. The zero-order valence-electron chi connectivity index (χ0n) is 11.0. The monoisotopic (exact) mass is 290 g/mol. The van der Waals surface area contributed by atoms with Gasteiger partial charge in [0.2, 0.25) is 0 Å². The Morgan fingerprint density at radius 1 is 1.50 bits per heavy atom. The van der Waals surface area contributed by atoms with E-state index in [0.717, 1.165) is 18.4 Å². The molecule has 20 heavy (non-hydrogen) atoms. The first-order chi connectivity index (χ1) is 9.43. The lowest BCUT2D eigenvalue weighted by Crippen LogP contribution is -2.06. The molecule has 2 N–H and O–H groups in total. The van der Waals surface area contributed by atoms with Crippen LogP contribution >= 0.6 is 0 Å². The number of anilines is 1. The Morgan fingerprint density at radius 2 is 2.20 bits per heavy atom. The Kier molecular flexibility index (Phi) is 2.56. The highest BCUT2D eigenvalue weighted by Crippen LogP contribution is 2.47. The zero-order chi connectivity index (χ0) is 14.5. The summed E-state index contributed by atoms with van der Waals surface area (Å²) < 4.78 is 25.6. The van der Waals surface area contributed by atoms with E-state index in [-0.39, 0.29) is 16.5 Å². The van der Waals surface area contributed by atoms with Crippen LogP contribution in [0.3, 0.4) is 0 Å². The molecule has 2 aromatic heterocycles. The number of hydrogen-bond donors (Lipinski definition) is 1. The predicted molar refractivity (Wildman–Crippen MR) is 73.9 cm³/mol. The van der Waals surface area contributed by atoms with Crippen LogP contribution in [0.1, 0.15) is 25.3 Å². The van der Waals surface area contributed by atoms with E-state index in [9.17, 15) is 13.7 Å². The lowest BCUT2D eigenvalue weighted by molar-refractivity contribution is 0.598. The van der Waals surface area contributed by atoms with Gasteiger partial charge < -0.3 is 5.73 Å². The normalized spacial score (nSPS) is 17.0. The van der Waals surface area contributed by atoms with Crippen molar-refractivity contribution in [1.29, 1.82) is 5.26 Å². The zero-order valence-corrected chi connectivity index (χ0v) is 11.8. The van der Waals surface area contributed by atoms with E-state index in [1.165, 1.54) is 4.52 Å². The van der Waals surface area contributed by atoms with Crippen LogP contribution < -0.4 is 5.73 Å². The molecule has 1 aliphatic rings. The molecular formula is C13H14N4O2S. The van der Waals surface area contributed by atoms with Crippen molar-refractivity contribution in [3.63, 3.8) is 0 Å². The van der Waals surface area contributed by atoms with Crippen molar-refractivity contribution in [2.24, 2.45) is 0 Å². The summed E-state index contributed by atoms with van der Waals surface area (Å²) in [5.74, 6) is -0.0200. The highest BCUT2D eigenvalue weighted by Gasteiger charge is 2.45. The van der Waals surface area contributed by atoms with Gasteiger partial charge in [-0.2, -0.15) is 5.26 Å². The highest BCUT2D eigenvalue weighted by atomic mass is 32.2. The Labute approximate surface area is 116 Å². The number of pyridine rings is 1. The van der Waals surface area contributed by atoms with Crippen LogP contribution in [0, 0.1) is 11.3 Å². The Morgan fingerprint density at radius 3 is 2.75 bits per heavy atom. The summed E-state index contributed by atoms with van der Waals surface area (Å²) in [6, 6.07) is 5.78. The molecule has 1 fully saturated rings. The molecule has 6 nitrogen and oxygen atoms in total. The molecule has 0 saturated heterocycles. The van der Waals surface area contributed by atoms with Gasteiger partial charge in [0.15, 0.2) is 15.7 Å². The number of fused-ring (bicyclic) bond motifs is 1. The first kappa shape index (κ1) is 12.9. The van der Waals surface area contributed by atoms with Gasteiger partial charge in [0.05, 0.1) is 22.8 Å². The largest absolute Gasteiger partial charge is 0.381 e. The Hall–Kier alpha value is -2.07. The van der Waals surface area contributed by atoms with E-state index >= 15 is 0 Å². The maximum Gasteiger partial charge on any atom is 0.183 e. The average Bonchev–Trinajstić information content (AvgIpc) is 3.15. The summed E-state index contributed by atoms with van der Waals surface area (Å²) in [4.78, 5) is 0.0772. The second kappa shape index (κ2) is 3.96. The number of aromatic nitrogens is 2. The second-order valence-electron chi connectivity index (χ2n) is 5.06. The maximum atomic E-state index is 12.1. The topological polar surface area (TPSA) is 101 Å². The van der Waals surface area contributed by atoms with Crippen LogP contribution in [0.2, 0.25) is 0 Å². The molecule has 1 saturated carbocycles. The number of sulfone groups is 1. The summed E-state index contributed by atoms with van der Waals surface area (Å²) in [6.45, 7) is 1.57. The molecule has 2 aromatic rings. The number of nitriles is 1. The number of nitrogens with two attached hydrogens (primary N) is 1. The van der Waals surface area contributed by atoms with Crippen LogP contribution in [-0.4, -0.2) is 23.8 Å². The summed E-state index contributed by atoms with van der Waals surface area (Å²) in [7, 11) is -3.42. The van der Waals surface area contributed by atoms with Gasteiger partial charge in [0.1, 0.15) is 4.90 Å². The highest BCUT2D eigenvalue weighted by molar-refractivity contribution is 7.91. The molecule has 0 spiro atoms. The van der Waals surface area contributed by atoms with E-state index < -0.39 is 15.3 Å². The van der Waals surface area contributed by atoms with Gasteiger partial charge in [-0.1, -0.05) is 13.0 Å². The minimum atomic E-state index is -3.42. The van der Waals surface area contributed by atoms with Gasteiger partial charge in [0.25, 0.3) is 0 Å². The van der Waals surface area contributed by atoms with Crippen molar-refractivity contribution in [2.75, 3.05) is 11.5 Å². The van der Waals surface area contributed by atoms with Crippen LogP contribution in [0.4, 0.5) is 5.82 Å². The molecule has 7 heteroatoms.